The number of nitrogens with one attached hydrogen (secondary N) is 2. The Morgan fingerprint density at radius 1 is 1.27 bits per heavy atom. The normalized spacial score (nSPS) is 10.4. The Morgan fingerprint density at radius 3 is 2.86 bits per heavy atom. The molecule has 0 aliphatic heterocycles. The largest absolute Gasteiger partial charge is 0.304 e. The van der Waals surface area contributed by atoms with Gasteiger partial charge in [0, 0.05) is 23.8 Å². The lowest BCUT2D eigenvalue weighted by molar-refractivity contribution is -0.384. The van der Waals surface area contributed by atoms with Crippen LogP contribution >= 0.6 is 11.3 Å². The molecule has 0 spiro atoms. The average molecular weight is 314 g/mol. The molecule has 0 atom stereocenters. The van der Waals surface area contributed by atoms with E-state index >= 15 is 0 Å². The number of carbonyl (C=O) groups excluding carboxylic acids is 1. The molecule has 0 fully saturated rings. The number of H-pyrrole nitrogens is 1. The van der Waals surface area contributed by atoms with Crippen molar-refractivity contribution in [3.8, 4) is 11.3 Å². The first-order chi connectivity index (χ1) is 10.6. The van der Waals surface area contributed by atoms with E-state index in [2.05, 4.69) is 15.5 Å². The highest BCUT2D eigenvalue weighted by molar-refractivity contribution is 7.12. The quantitative estimate of drug-likeness (QED) is 0.570. The Kier molecular flexibility index (Phi) is 3.67. The highest BCUT2D eigenvalue weighted by atomic mass is 32.1. The van der Waals surface area contributed by atoms with E-state index in [1.54, 1.807) is 30.3 Å². The average Bonchev–Trinajstić information content (AvgIpc) is 3.19. The van der Waals surface area contributed by atoms with Crippen LogP contribution in [0.15, 0.2) is 47.8 Å². The van der Waals surface area contributed by atoms with Crippen molar-refractivity contribution < 1.29 is 9.72 Å². The molecule has 2 aromatic heterocycles. The minimum atomic E-state index is -0.459. The molecule has 2 heterocycles. The molecule has 0 bridgehead atoms. The van der Waals surface area contributed by atoms with E-state index in [0.29, 0.717) is 22.0 Å². The van der Waals surface area contributed by atoms with Gasteiger partial charge in [0.1, 0.15) is 0 Å². The number of rotatable bonds is 4. The Morgan fingerprint density at radius 2 is 2.14 bits per heavy atom. The Labute approximate surface area is 128 Å². The fraction of sp³-hybridized carbons (Fsp3) is 0. The lowest BCUT2D eigenvalue weighted by Crippen LogP contribution is -2.10. The van der Waals surface area contributed by atoms with E-state index in [1.165, 1.54) is 23.5 Å². The number of hydrogen-bond donors (Lipinski definition) is 2. The van der Waals surface area contributed by atoms with E-state index in [4.69, 9.17) is 0 Å². The zero-order valence-electron chi connectivity index (χ0n) is 11.1. The number of nitro benzene ring substituents is 1. The van der Waals surface area contributed by atoms with Crippen LogP contribution in [0.4, 0.5) is 11.5 Å². The summed E-state index contributed by atoms with van der Waals surface area (Å²) in [5.74, 6) is 0.118. The minimum absolute atomic E-state index is 0.00345. The number of carbonyl (C=O) groups is 1. The molecule has 0 aliphatic rings. The van der Waals surface area contributed by atoms with Gasteiger partial charge in [-0.25, -0.2) is 0 Å². The molecule has 8 heteroatoms. The van der Waals surface area contributed by atoms with Gasteiger partial charge in [-0.2, -0.15) is 5.10 Å². The standard InChI is InChI=1S/C14H10N4O3S/c19-14(12-5-2-6-22-12)15-13-8-11(16-17-13)9-3-1-4-10(7-9)18(20)21/h1-8H,(H2,15,16,17,19). The van der Waals surface area contributed by atoms with Crippen LogP contribution in [0.25, 0.3) is 11.3 Å². The maximum absolute atomic E-state index is 11.9. The van der Waals surface area contributed by atoms with E-state index in [0.717, 1.165) is 0 Å². The molecule has 3 rings (SSSR count). The van der Waals surface area contributed by atoms with Crippen LogP contribution in [-0.4, -0.2) is 21.0 Å². The topological polar surface area (TPSA) is 101 Å². The zero-order chi connectivity index (χ0) is 15.5. The molecule has 0 saturated carbocycles. The van der Waals surface area contributed by atoms with Gasteiger partial charge in [-0.15, -0.1) is 11.3 Å². The molecule has 1 amide bonds. The van der Waals surface area contributed by atoms with Crippen LogP contribution in [0.1, 0.15) is 9.67 Å². The second kappa shape index (κ2) is 5.78. The number of benzene rings is 1. The first-order valence-electron chi connectivity index (χ1n) is 6.28. The highest BCUT2D eigenvalue weighted by Gasteiger charge is 2.12. The predicted molar refractivity (Wildman–Crippen MR) is 83.0 cm³/mol. The molecule has 110 valence electrons. The van der Waals surface area contributed by atoms with Gasteiger partial charge < -0.3 is 5.32 Å². The van der Waals surface area contributed by atoms with Crippen molar-refractivity contribution in [3.63, 3.8) is 0 Å². The summed E-state index contributed by atoms with van der Waals surface area (Å²) < 4.78 is 0. The summed E-state index contributed by atoms with van der Waals surface area (Å²) >= 11 is 1.33. The third-order valence-electron chi connectivity index (χ3n) is 2.93. The van der Waals surface area contributed by atoms with Gasteiger partial charge >= 0.3 is 0 Å². The van der Waals surface area contributed by atoms with Crippen molar-refractivity contribution in [2.45, 2.75) is 0 Å². The van der Waals surface area contributed by atoms with Gasteiger partial charge in [-0.05, 0) is 11.4 Å². The molecule has 3 aromatic rings. The van der Waals surface area contributed by atoms with E-state index in [1.807, 2.05) is 5.38 Å². The number of aromatic amines is 1. The fourth-order valence-corrected chi connectivity index (χ4v) is 2.53. The molecule has 7 nitrogen and oxygen atoms in total. The minimum Gasteiger partial charge on any atom is -0.304 e. The number of hydrogen-bond acceptors (Lipinski definition) is 5. The summed E-state index contributed by atoms with van der Waals surface area (Å²) in [6.07, 6.45) is 0. The number of nitro groups is 1. The van der Waals surface area contributed by atoms with Crippen LogP contribution < -0.4 is 5.32 Å². The van der Waals surface area contributed by atoms with E-state index < -0.39 is 4.92 Å². The molecule has 2 N–H and O–H groups in total. The fourth-order valence-electron chi connectivity index (χ4n) is 1.91. The molecule has 1 aromatic carbocycles. The Bertz CT molecular complexity index is 826. The van der Waals surface area contributed by atoms with E-state index in [-0.39, 0.29) is 11.6 Å². The maximum Gasteiger partial charge on any atom is 0.270 e. The van der Waals surface area contributed by atoms with Crippen LogP contribution in [-0.2, 0) is 0 Å². The number of non-ortho nitro benzene ring substituents is 1. The number of aromatic nitrogens is 2. The summed E-state index contributed by atoms with van der Waals surface area (Å²) in [5, 5.41) is 22.0. The SMILES string of the molecule is O=C(Nc1cc(-c2cccc([N+](=O)[O-])c2)[nH]n1)c1cccs1. The van der Waals surface area contributed by atoms with Crippen molar-refractivity contribution in [1.82, 2.24) is 10.2 Å². The third-order valence-corrected chi connectivity index (χ3v) is 3.80. The number of amides is 1. The number of anilines is 1. The summed E-state index contributed by atoms with van der Waals surface area (Å²) in [6.45, 7) is 0. The number of thiophene rings is 1. The summed E-state index contributed by atoms with van der Waals surface area (Å²) in [6, 6.07) is 11.3. The van der Waals surface area contributed by atoms with E-state index in [9.17, 15) is 14.9 Å². The number of nitrogens with zero attached hydrogens (tertiary/aromatic N) is 2. The van der Waals surface area contributed by atoms with Crippen molar-refractivity contribution in [2.24, 2.45) is 0 Å². The van der Waals surface area contributed by atoms with Crippen LogP contribution in [0, 0.1) is 10.1 Å². The van der Waals surface area contributed by atoms with Crippen LogP contribution in [0.3, 0.4) is 0 Å². The Balaban J connectivity index is 1.80. The Hall–Kier alpha value is -3.00. The zero-order valence-corrected chi connectivity index (χ0v) is 12.0. The lowest BCUT2D eigenvalue weighted by Gasteiger charge is -1.98. The predicted octanol–water partition coefficient (Wildman–Crippen LogP) is 3.30. The van der Waals surface area contributed by atoms with Crippen molar-refractivity contribution >= 4 is 28.7 Å². The summed E-state index contributed by atoms with van der Waals surface area (Å²) in [7, 11) is 0. The van der Waals surface area contributed by atoms with Crippen molar-refractivity contribution in [1.29, 1.82) is 0 Å². The van der Waals surface area contributed by atoms with Crippen LogP contribution in [0.5, 0.6) is 0 Å². The first kappa shape index (κ1) is 14.0. The van der Waals surface area contributed by atoms with Crippen molar-refractivity contribution in [3.05, 3.63) is 62.8 Å². The van der Waals surface area contributed by atoms with Crippen LogP contribution in [0.2, 0.25) is 0 Å². The highest BCUT2D eigenvalue weighted by Crippen LogP contribution is 2.24. The first-order valence-corrected chi connectivity index (χ1v) is 7.16. The lowest BCUT2D eigenvalue weighted by atomic mass is 10.1. The second-order valence-corrected chi connectivity index (χ2v) is 5.35. The van der Waals surface area contributed by atoms with Gasteiger partial charge in [0.2, 0.25) is 0 Å². The molecule has 0 aliphatic carbocycles. The van der Waals surface area contributed by atoms with Gasteiger partial charge in [0.05, 0.1) is 15.5 Å². The maximum atomic E-state index is 11.9. The molecular weight excluding hydrogens is 304 g/mol. The van der Waals surface area contributed by atoms with Gasteiger partial charge in [-0.1, -0.05) is 18.2 Å². The summed E-state index contributed by atoms with van der Waals surface area (Å²) in [4.78, 5) is 22.8. The van der Waals surface area contributed by atoms with Gasteiger partial charge in [0.25, 0.3) is 11.6 Å². The van der Waals surface area contributed by atoms with Crippen molar-refractivity contribution in [2.75, 3.05) is 5.32 Å². The molecule has 22 heavy (non-hydrogen) atoms. The van der Waals surface area contributed by atoms with Gasteiger partial charge in [0.15, 0.2) is 5.82 Å². The summed E-state index contributed by atoms with van der Waals surface area (Å²) in [5.41, 5.74) is 1.21. The molecular formula is C14H10N4O3S. The van der Waals surface area contributed by atoms with Gasteiger partial charge in [-0.3, -0.25) is 20.0 Å². The molecule has 0 saturated heterocycles. The third kappa shape index (κ3) is 2.86. The molecule has 0 unspecified atom stereocenters. The smallest absolute Gasteiger partial charge is 0.270 e. The monoisotopic (exact) mass is 314 g/mol. The molecule has 0 radical (unpaired) electrons. The second-order valence-electron chi connectivity index (χ2n) is 4.41.